The highest BCUT2D eigenvalue weighted by Gasteiger charge is 2.20. The van der Waals surface area contributed by atoms with Gasteiger partial charge < -0.3 is 4.90 Å². The van der Waals surface area contributed by atoms with Gasteiger partial charge in [-0.15, -0.1) is 0 Å². The summed E-state index contributed by atoms with van der Waals surface area (Å²) in [5, 5.41) is 0. The fraction of sp³-hybridized carbons (Fsp3) is 0.0909. The average Bonchev–Trinajstić information content (AvgIpc) is 2.62. The summed E-state index contributed by atoms with van der Waals surface area (Å²) >= 11 is 0. The van der Waals surface area contributed by atoms with E-state index in [2.05, 4.69) is 96.8 Å². The molecule has 0 spiro atoms. The van der Waals surface area contributed by atoms with Gasteiger partial charge in [-0.25, -0.2) is 0 Å². The smallest absolute Gasteiger partial charge is 0.0493 e. The molecule has 0 saturated heterocycles. The topological polar surface area (TPSA) is 3.24 Å². The summed E-state index contributed by atoms with van der Waals surface area (Å²) in [6.45, 7) is 3.03. The van der Waals surface area contributed by atoms with Crippen molar-refractivity contribution in [2.45, 2.75) is 13.5 Å². The molecule has 0 atom stereocenters. The molecule has 23 heavy (non-hydrogen) atoms. The molecule has 0 unspecified atom stereocenters. The Balaban J connectivity index is 1.85. The van der Waals surface area contributed by atoms with Gasteiger partial charge in [-0.2, -0.15) is 0 Å². The predicted molar refractivity (Wildman–Crippen MR) is 98.1 cm³/mol. The molecule has 0 radical (unpaired) electrons. The van der Waals surface area contributed by atoms with Gasteiger partial charge in [0.05, 0.1) is 0 Å². The van der Waals surface area contributed by atoms with Crippen LogP contribution in [-0.2, 0) is 6.54 Å². The number of aryl methyl sites for hydroxylation is 1. The van der Waals surface area contributed by atoms with Gasteiger partial charge >= 0.3 is 0 Å². The van der Waals surface area contributed by atoms with Crippen molar-refractivity contribution < 1.29 is 0 Å². The fourth-order valence-corrected chi connectivity index (χ4v) is 3.10. The molecule has 0 bridgehead atoms. The van der Waals surface area contributed by atoms with Crippen molar-refractivity contribution in [2.24, 2.45) is 0 Å². The molecule has 0 amide bonds. The number of hydrogen-bond acceptors (Lipinski definition) is 1. The predicted octanol–water partition coefficient (Wildman–Crippen LogP) is 5.51. The zero-order chi connectivity index (χ0) is 15.6. The van der Waals surface area contributed by atoms with Crippen LogP contribution >= 0.6 is 0 Å². The van der Waals surface area contributed by atoms with Crippen molar-refractivity contribution in [1.29, 1.82) is 0 Å². The normalized spacial score (nSPS) is 13.4. The summed E-state index contributed by atoms with van der Waals surface area (Å²) in [4.78, 5) is 2.40. The molecule has 1 aliphatic rings. The molecule has 3 aromatic rings. The Kier molecular flexibility index (Phi) is 3.47. The highest BCUT2D eigenvalue weighted by Crippen LogP contribution is 2.34. The fourth-order valence-electron chi connectivity index (χ4n) is 3.10. The third kappa shape index (κ3) is 2.66. The first-order valence-corrected chi connectivity index (χ1v) is 8.00. The number of anilines is 1. The van der Waals surface area contributed by atoms with Gasteiger partial charge in [0.15, 0.2) is 0 Å². The minimum atomic E-state index is 0.903. The lowest BCUT2D eigenvalue weighted by molar-refractivity contribution is 0.969. The largest absolute Gasteiger partial charge is 0.336 e. The first kappa shape index (κ1) is 13.8. The van der Waals surface area contributed by atoms with E-state index >= 15 is 0 Å². The molecule has 0 fully saturated rings. The third-order valence-corrected chi connectivity index (χ3v) is 4.38. The second-order valence-electron chi connectivity index (χ2n) is 6.02. The molecule has 1 nitrogen and oxygen atoms in total. The third-order valence-electron chi connectivity index (χ3n) is 4.38. The van der Waals surface area contributed by atoms with Crippen LogP contribution in [0.1, 0.15) is 22.3 Å². The van der Waals surface area contributed by atoms with E-state index in [0.29, 0.717) is 0 Å². The summed E-state index contributed by atoms with van der Waals surface area (Å²) in [6, 6.07) is 28.1. The highest BCUT2D eigenvalue weighted by molar-refractivity contribution is 5.92. The summed E-state index contributed by atoms with van der Waals surface area (Å²) in [6.07, 6.45) is 2.30. The lowest BCUT2D eigenvalue weighted by Gasteiger charge is -2.32. The van der Waals surface area contributed by atoms with Gasteiger partial charge in [-0.3, -0.25) is 0 Å². The Bertz CT molecular complexity index is 845. The number of nitrogens with zero attached hydrogens (tertiary/aromatic N) is 1. The molecule has 3 aromatic carbocycles. The summed E-state index contributed by atoms with van der Waals surface area (Å²) in [7, 11) is 0. The molecule has 112 valence electrons. The van der Waals surface area contributed by atoms with Crippen LogP contribution in [-0.4, -0.2) is 0 Å². The molecular formula is C22H19N. The van der Waals surface area contributed by atoms with Crippen LogP contribution in [0.4, 0.5) is 5.69 Å². The second-order valence-corrected chi connectivity index (χ2v) is 6.02. The van der Waals surface area contributed by atoms with E-state index in [4.69, 9.17) is 0 Å². The monoisotopic (exact) mass is 297 g/mol. The minimum Gasteiger partial charge on any atom is -0.336 e. The van der Waals surface area contributed by atoms with Gasteiger partial charge in [-0.1, -0.05) is 72.3 Å². The maximum Gasteiger partial charge on any atom is 0.0493 e. The van der Waals surface area contributed by atoms with Crippen molar-refractivity contribution in [2.75, 3.05) is 4.90 Å². The molecular weight excluding hydrogens is 278 g/mol. The molecule has 0 N–H and O–H groups in total. The zero-order valence-electron chi connectivity index (χ0n) is 13.2. The van der Waals surface area contributed by atoms with Crippen LogP contribution in [0, 0.1) is 6.92 Å². The Morgan fingerprint density at radius 2 is 1.43 bits per heavy atom. The average molecular weight is 297 g/mol. The first-order valence-electron chi connectivity index (χ1n) is 8.00. The standard InChI is InChI=1S/C22H19N/c1-17-11-13-21(14-12-17)23-16-20-10-6-5-9-19(20)15-22(23)18-7-3-2-4-8-18/h2-15H,16H2,1H3. The quantitative estimate of drug-likeness (QED) is 0.602. The molecule has 1 heteroatoms. The van der Waals surface area contributed by atoms with Crippen LogP contribution in [0.2, 0.25) is 0 Å². The van der Waals surface area contributed by atoms with Crippen LogP contribution in [0.15, 0.2) is 78.9 Å². The maximum atomic E-state index is 2.40. The number of hydrogen-bond donors (Lipinski definition) is 0. The molecule has 0 aromatic heterocycles. The number of fused-ring (bicyclic) bond motifs is 1. The van der Waals surface area contributed by atoms with Gasteiger partial charge in [0.1, 0.15) is 0 Å². The van der Waals surface area contributed by atoms with E-state index in [9.17, 15) is 0 Å². The van der Waals surface area contributed by atoms with Crippen molar-refractivity contribution in [3.05, 3.63) is 101 Å². The zero-order valence-corrected chi connectivity index (χ0v) is 13.2. The van der Waals surface area contributed by atoms with Crippen LogP contribution in [0.3, 0.4) is 0 Å². The lowest BCUT2D eigenvalue weighted by atomic mass is 9.97. The van der Waals surface area contributed by atoms with E-state index in [1.54, 1.807) is 0 Å². The van der Waals surface area contributed by atoms with E-state index in [1.165, 1.54) is 33.6 Å². The van der Waals surface area contributed by atoms with Crippen LogP contribution in [0.25, 0.3) is 11.8 Å². The van der Waals surface area contributed by atoms with Crippen LogP contribution < -0.4 is 4.90 Å². The van der Waals surface area contributed by atoms with Crippen molar-refractivity contribution in [1.82, 2.24) is 0 Å². The summed E-state index contributed by atoms with van der Waals surface area (Å²) in [5.41, 5.74) is 7.72. The molecule has 1 aliphatic heterocycles. The van der Waals surface area contributed by atoms with Crippen molar-refractivity contribution >= 4 is 17.5 Å². The Labute approximate surface area is 137 Å². The van der Waals surface area contributed by atoms with Crippen LogP contribution in [0.5, 0.6) is 0 Å². The van der Waals surface area contributed by atoms with E-state index in [1.807, 2.05) is 0 Å². The SMILES string of the molecule is Cc1ccc(N2Cc3ccccc3C=C2c2ccccc2)cc1. The second kappa shape index (κ2) is 5.77. The Hall–Kier alpha value is -2.80. The minimum absolute atomic E-state index is 0.903. The van der Waals surface area contributed by atoms with Crippen molar-refractivity contribution in [3.8, 4) is 0 Å². The van der Waals surface area contributed by atoms with Gasteiger partial charge in [0, 0.05) is 17.9 Å². The summed E-state index contributed by atoms with van der Waals surface area (Å²) in [5.74, 6) is 0. The van der Waals surface area contributed by atoms with E-state index < -0.39 is 0 Å². The molecule has 4 rings (SSSR count). The van der Waals surface area contributed by atoms with E-state index in [0.717, 1.165) is 6.54 Å². The highest BCUT2D eigenvalue weighted by atomic mass is 15.1. The molecule has 1 heterocycles. The maximum absolute atomic E-state index is 2.40. The Morgan fingerprint density at radius 3 is 2.22 bits per heavy atom. The van der Waals surface area contributed by atoms with Gasteiger partial charge in [-0.05, 0) is 41.8 Å². The Morgan fingerprint density at radius 1 is 0.739 bits per heavy atom. The molecule has 0 saturated carbocycles. The first-order chi connectivity index (χ1) is 11.3. The lowest BCUT2D eigenvalue weighted by Crippen LogP contribution is -2.24. The van der Waals surface area contributed by atoms with E-state index in [-0.39, 0.29) is 0 Å². The van der Waals surface area contributed by atoms with Gasteiger partial charge in [0.2, 0.25) is 0 Å². The number of benzene rings is 3. The summed E-state index contributed by atoms with van der Waals surface area (Å²) < 4.78 is 0. The number of rotatable bonds is 2. The van der Waals surface area contributed by atoms with Crippen molar-refractivity contribution in [3.63, 3.8) is 0 Å². The van der Waals surface area contributed by atoms with Gasteiger partial charge in [0.25, 0.3) is 0 Å². The molecule has 0 aliphatic carbocycles.